The summed E-state index contributed by atoms with van der Waals surface area (Å²) in [5.41, 5.74) is 11.0. The summed E-state index contributed by atoms with van der Waals surface area (Å²) in [5, 5.41) is 0. The van der Waals surface area contributed by atoms with Crippen LogP contribution in [0.4, 0.5) is 0 Å². The first-order valence-electron chi connectivity index (χ1n) is 2.43. The Bertz CT molecular complexity index is 84.6. The molecule has 0 saturated carbocycles. The monoisotopic (exact) mass is 264 g/mol. The van der Waals surface area contributed by atoms with Crippen molar-refractivity contribution in [2.75, 3.05) is 0 Å². The van der Waals surface area contributed by atoms with Crippen LogP contribution in [-0.4, -0.2) is 9.03 Å². The van der Waals surface area contributed by atoms with E-state index in [1.54, 1.807) is 13.8 Å². The van der Waals surface area contributed by atoms with Crippen LogP contribution in [0.1, 0.15) is 13.8 Å². The van der Waals surface area contributed by atoms with Crippen molar-refractivity contribution >= 4 is 19.1 Å². The third kappa shape index (κ3) is 2.71. The first-order chi connectivity index (χ1) is 3.89. The van der Waals surface area contributed by atoms with E-state index in [-0.39, 0.29) is 9.03 Å². The first kappa shape index (κ1) is 10.2. The molecule has 5 heteroatoms. The molecule has 0 aromatic heterocycles. The van der Waals surface area contributed by atoms with Crippen LogP contribution in [0.3, 0.4) is 0 Å². The van der Waals surface area contributed by atoms with Gasteiger partial charge >= 0.3 is 66.9 Å². The van der Waals surface area contributed by atoms with Gasteiger partial charge in [-0.05, 0) is 0 Å². The van der Waals surface area contributed by atoms with E-state index in [9.17, 15) is 0 Å². The standard InChI is InChI=1S/2C2H6N.2ClH.Pd/c2*1-2-3;;;/h2*2H,3H2,1H3;2*1H;/q;;;;+2/p-2. The van der Waals surface area contributed by atoms with Gasteiger partial charge in [0, 0.05) is 0 Å². The van der Waals surface area contributed by atoms with Crippen molar-refractivity contribution in [3.8, 4) is 0 Å². The Balaban J connectivity index is 4.01. The summed E-state index contributed by atoms with van der Waals surface area (Å²) >= 11 is -2.47. The fourth-order valence-corrected chi connectivity index (χ4v) is 1.55. The average molecular weight is 265 g/mol. The molecule has 4 N–H and O–H groups in total. The first-order valence-corrected chi connectivity index (χ1v) is 8.22. The molecule has 0 heterocycles. The number of nitrogens with two attached hydrogens (primary N) is 2. The molecule has 0 aliphatic heterocycles. The molecule has 0 bridgehead atoms. The van der Waals surface area contributed by atoms with Crippen molar-refractivity contribution in [1.82, 2.24) is 0 Å². The summed E-state index contributed by atoms with van der Waals surface area (Å²) in [4.78, 5) is 0. The van der Waals surface area contributed by atoms with Crippen molar-refractivity contribution in [1.29, 1.82) is 0 Å². The summed E-state index contributed by atoms with van der Waals surface area (Å²) in [5.74, 6) is 0. The van der Waals surface area contributed by atoms with Gasteiger partial charge in [-0.25, -0.2) is 0 Å². The van der Waals surface area contributed by atoms with Crippen LogP contribution in [0.15, 0.2) is 0 Å². The van der Waals surface area contributed by atoms with Crippen molar-refractivity contribution in [3.05, 3.63) is 0 Å². The number of hydrogen-bond donors (Lipinski definition) is 2. The second kappa shape index (κ2) is 3.52. The zero-order valence-corrected chi connectivity index (χ0v) is 8.45. The average Bonchev–Trinajstić information content (AvgIpc) is 1.65. The third-order valence-electron chi connectivity index (χ3n) is 0.768. The Kier molecular flexibility index (Phi) is 3.98. The molecular weight excluding hydrogens is 253 g/mol. The Hall–Kier alpha value is 1.16. The van der Waals surface area contributed by atoms with E-state index in [0.717, 1.165) is 0 Å². The molecule has 0 aromatic rings. The predicted octanol–water partition coefficient (Wildman–Crippen LogP) is 1.06. The third-order valence-corrected chi connectivity index (χ3v) is 9.69. The van der Waals surface area contributed by atoms with E-state index in [1.807, 2.05) is 0 Å². The molecule has 0 fully saturated rings. The van der Waals surface area contributed by atoms with Gasteiger partial charge in [0.15, 0.2) is 0 Å². The quantitative estimate of drug-likeness (QED) is 0.734. The Morgan fingerprint density at radius 1 is 1.11 bits per heavy atom. The molecule has 2 unspecified atom stereocenters. The molecule has 0 aliphatic carbocycles. The fourth-order valence-electron chi connectivity index (χ4n) is 0.262. The fraction of sp³-hybridized carbons (Fsp3) is 1.00. The normalized spacial score (nSPS) is 21.1. The van der Waals surface area contributed by atoms with Crippen molar-refractivity contribution in [2.24, 2.45) is 11.5 Å². The molecule has 0 spiro atoms. The molecule has 0 amide bonds. The zero-order chi connectivity index (χ0) is 7.65. The van der Waals surface area contributed by atoms with E-state index in [4.69, 9.17) is 30.5 Å². The van der Waals surface area contributed by atoms with Crippen LogP contribution in [0.25, 0.3) is 0 Å². The molecule has 0 radical (unpaired) electrons. The van der Waals surface area contributed by atoms with E-state index in [1.165, 1.54) is 0 Å². The summed E-state index contributed by atoms with van der Waals surface area (Å²) in [6, 6.07) is 0. The number of halogens is 2. The van der Waals surface area contributed by atoms with E-state index >= 15 is 0 Å². The van der Waals surface area contributed by atoms with Crippen LogP contribution in [0.2, 0.25) is 0 Å². The Labute approximate surface area is 66.9 Å². The zero-order valence-electron chi connectivity index (χ0n) is 5.38. The van der Waals surface area contributed by atoms with Crippen LogP contribution in [0.5, 0.6) is 0 Å². The number of hydrogen-bond acceptors (Lipinski definition) is 2. The van der Waals surface area contributed by atoms with Gasteiger partial charge in [-0.3, -0.25) is 0 Å². The van der Waals surface area contributed by atoms with Crippen LogP contribution < -0.4 is 11.5 Å². The summed E-state index contributed by atoms with van der Waals surface area (Å²) < 4.78 is -0.310. The maximum atomic E-state index is 5.87. The molecule has 9 heavy (non-hydrogen) atoms. The molecule has 2 nitrogen and oxygen atoms in total. The summed E-state index contributed by atoms with van der Waals surface area (Å²) in [6.45, 7) is 3.58. The Morgan fingerprint density at radius 2 is 1.33 bits per heavy atom. The molecule has 0 aromatic carbocycles. The second-order valence-corrected chi connectivity index (χ2v) is 12.0. The van der Waals surface area contributed by atoms with Gasteiger partial charge in [0.1, 0.15) is 0 Å². The summed E-state index contributed by atoms with van der Waals surface area (Å²) in [6.07, 6.45) is 0. The SMILES string of the molecule is C[CH](N)[Pd]([Cl])([Cl])[CH](C)N. The maximum absolute atomic E-state index is 5.87. The Morgan fingerprint density at radius 3 is 1.33 bits per heavy atom. The van der Waals surface area contributed by atoms with Crippen molar-refractivity contribution < 1.29 is 13.5 Å². The molecule has 0 aliphatic rings. The van der Waals surface area contributed by atoms with Crippen molar-refractivity contribution in [2.45, 2.75) is 22.9 Å². The molecular formula is C4H12Cl2N2Pd. The van der Waals surface area contributed by atoms with Crippen molar-refractivity contribution in [3.63, 3.8) is 0 Å². The molecule has 0 saturated heterocycles. The van der Waals surface area contributed by atoms with Gasteiger partial charge < -0.3 is 0 Å². The van der Waals surface area contributed by atoms with Gasteiger partial charge in [-0.15, -0.1) is 0 Å². The van der Waals surface area contributed by atoms with E-state index < -0.39 is 13.5 Å². The minimum atomic E-state index is -2.47. The molecule has 0 rings (SSSR count). The molecule has 2 atom stereocenters. The minimum absolute atomic E-state index is 0.155. The van der Waals surface area contributed by atoms with Gasteiger partial charge in [0.2, 0.25) is 0 Å². The number of rotatable bonds is 2. The second-order valence-electron chi connectivity index (χ2n) is 1.67. The van der Waals surface area contributed by atoms with E-state index in [2.05, 4.69) is 0 Å². The topological polar surface area (TPSA) is 52.0 Å². The van der Waals surface area contributed by atoms with E-state index in [0.29, 0.717) is 0 Å². The predicted molar refractivity (Wildman–Crippen MR) is 39.0 cm³/mol. The van der Waals surface area contributed by atoms with Crippen LogP contribution in [-0.2, 0) is 13.5 Å². The summed E-state index contributed by atoms with van der Waals surface area (Å²) in [7, 11) is 11.7. The van der Waals surface area contributed by atoms with Gasteiger partial charge in [-0.2, -0.15) is 0 Å². The van der Waals surface area contributed by atoms with Gasteiger partial charge in [0.25, 0.3) is 0 Å². The van der Waals surface area contributed by atoms with Crippen LogP contribution >= 0.6 is 19.1 Å². The van der Waals surface area contributed by atoms with Gasteiger partial charge in [0.05, 0.1) is 0 Å². The van der Waals surface area contributed by atoms with Gasteiger partial charge in [-0.1, -0.05) is 0 Å². The molecule has 62 valence electrons. The van der Waals surface area contributed by atoms with Crippen LogP contribution in [0, 0.1) is 0 Å².